The second-order valence-corrected chi connectivity index (χ2v) is 7.71. The van der Waals surface area contributed by atoms with Gasteiger partial charge in [0.15, 0.2) is 0 Å². The Morgan fingerprint density at radius 3 is 3.00 bits per heavy atom. The number of pyridine rings is 1. The first kappa shape index (κ1) is 17.4. The molecule has 1 amide bonds. The molecule has 2 atom stereocenters. The molecule has 0 radical (unpaired) electrons. The van der Waals surface area contributed by atoms with Crippen LogP contribution in [0.3, 0.4) is 0 Å². The highest BCUT2D eigenvalue weighted by Gasteiger charge is 2.37. The lowest BCUT2D eigenvalue weighted by atomic mass is 9.90. The number of hydrogen-bond acceptors (Lipinski definition) is 5. The van der Waals surface area contributed by atoms with Crippen LogP contribution in [0.15, 0.2) is 29.0 Å². The van der Waals surface area contributed by atoms with E-state index in [1.165, 1.54) is 12.3 Å². The van der Waals surface area contributed by atoms with Gasteiger partial charge in [0.1, 0.15) is 0 Å². The van der Waals surface area contributed by atoms with Gasteiger partial charge in [-0.3, -0.25) is 4.79 Å². The summed E-state index contributed by atoms with van der Waals surface area (Å²) >= 11 is 5.93. The summed E-state index contributed by atoms with van der Waals surface area (Å²) in [7, 11) is 0. The lowest BCUT2D eigenvalue weighted by Gasteiger charge is -2.37. The van der Waals surface area contributed by atoms with Gasteiger partial charge in [0.05, 0.1) is 16.6 Å². The van der Waals surface area contributed by atoms with Crippen molar-refractivity contribution in [2.45, 2.75) is 37.6 Å². The Labute approximate surface area is 164 Å². The van der Waals surface area contributed by atoms with Crippen LogP contribution in [0.5, 0.6) is 0 Å². The summed E-state index contributed by atoms with van der Waals surface area (Å²) in [6.45, 7) is 0.472. The molecule has 1 saturated heterocycles. The van der Waals surface area contributed by atoms with E-state index in [0.29, 0.717) is 34.5 Å². The average Bonchev–Trinajstić information content (AvgIpc) is 3.32. The van der Waals surface area contributed by atoms with Crippen LogP contribution in [-0.2, 0) is 6.42 Å². The van der Waals surface area contributed by atoms with Crippen molar-refractivity contribution in [2.75, 3.05) is 6.54 Å². The van der Waals surface area contributed by atoms with Crippen molar-refractivity contribution in [3.05, 3.63) is 52.5 Å². The number of nitrogens with zero attached hydrogens (tertiary/aromatic N) is 4. The maximum absolute atomic E-state index is 13.6. The third-order valence-electron chi connectivity index (χ3n) is 5.58. The second-order valence-electron chi connectivity index (χ2n) is 7.28. The van der Waals surface area contributed by atoms with Crippen molar-refractivity contribution in [3.8, 4) is 11.5 Å². The highest BCUT2D eigenvalue weighted by Crippen LogP contribution is 2.35. The van der Waals surface area contributed by atoms with E-state index >= 15 is 0 Å². The standard InChI is InChI=1S/C19H17ClFN5O2/c20-12-5-15(22-8-12)17-24-18(28-25-17)11-2-4-13-3-1-10-7-23-16(21)6-14(10)19(27)26(13)9-11/h5-8,11,13,22H,1-4,9H2. The van der Waals surface area contributed by atoms with Crippen molar-refractivity contribution in [2.24, 2.45) is 0 Å². The number of amides is 1. The molecule has 0 bridgehead atoms. The molecular weight excluding hydrogens is 385 g/mol. The van der Waals surface area contributed by atoms with Gasteiger partial charge >= 0.3 is 0 Å². The van der Waals surface area contributed by atoms with Crippen LogP contribution in [0.2, 0.25) is 5.02 Å². The van der Waals surface area contributed by atoms with Gasteiger partial charge in [0, 0.05) is 36.6 Å². The fourth-order valence-electron chi connectivity index (χ4n) is 4.12. The molecule has 0 aliphatic carbocycles. The molecule has 2 aliphatic heterocycles. The molecule has 3 aromatic heterocycles. The minimum absolute atomic E-state index is 0.0554. The van der Waals surface area contributed by atoms with Crippen molar-refractivity contribution >= 4 is 17.5 Å². The molecule has 144 valence electrons. The third kappa shape index (κ3) is 2.97. The summed E-state index contributed by atoms with van der Waals surface area (Å²) < 4.78 is 19.1. The van der Waals surface area contributed by atoms with E-state index in [9.17, 15) is 9.18 Å². The Morgan fingerprint density at radius 1 is 1.29 bits per heavy atom. The minimum atomic E-state index is -0.634. The Morgan fingerprint density at radius 2 is 2.18 bits per heavy atom. The van der Waals surface area contributed by atoms with Gasteiger partial charge in [0.25, 0.3) is 5.91 Å². The highest BCUT2D eigenvalue weighted by molar-refractivity contribution is 6.30. The summed E-state index contributed by atoms with van der Waals surface area (Å²) in [5, 5.41) is 4.59. The molecule has 28 heavy (non-hydrogen) atoms. The van der Waals surface area contributed by atoms with Gasteiger partial charge in [-0.05, 0) is 37.3 Å². The van der Waals surface area contributed by atoms with Gasteiger partial charge < -0.3 is 14.4 Å². The number of fused-ring (bicyclic) bond motifs is 2. The van der Waals surface area contributed by atoms with Crippen molar-refractivity contribution < 1.29 is 13.7 Å². The fraction of sp³-hybridized carbons (Fsp3) is 0.368. The lowest BCUT2D eigenvalue weighted by Crippen LogP contribution is -2.45. The predicted octanol–water partition coefficient (Wildman–Crippen LogP) is 3.59. The van der Waals surface area contributed by atoms with E-state index in [-0.39, 0.29) is 17.9 Å². The first-order chi connectivity index (χ1) is 13.6. The number of nitrogens with one attached hydrogen (secondary N) is 1. The summed E-state index contributed by atoms with van der Waals surface area (Å²) in [5.74, 6) is 0.0897. The molecule has 0 spiro atoms. The van der Waals surface area contributed by atoms with Crippen LogP contribution in [0.1, 0.15) is 47.0 Å². The van der Waals surface area contributed by atoms with Gasteiger partial charge in [-0.15, -0.1) is 0 Å². The molecule has 0 aromatic carbocycles. The normalized spacial score (nSPS) is 21.9. The lowest BCUT2D eigenvalue weighted by molar-refractivity contribution is 0.0569. The maximum Gasteiger partial charge on any atom is 0.254 e. The fourth-order valence-corrected chi connectivity index (χ4v) is 4.28. The van der Waals surface area contributed by atoms with Gasteiger partial charge in [-0.1, -0.05) is 16.8 Å². The Hall–Kier alpha value is -2.74. The van der Waals surface area contributed by atoms with E-state index < -0.39 is 5.95 Å². The molecule has 2 aliphatic rings. The third-order valence-corrected chi connectivity index (χ3v) is 5.80. The second kappa shape index (κ2) is 6.70. The number of hydrogen-bond donors (Lipinski definition) is 1. The molecule has 1 N–H and O–H groups in total. The Bertz CT molecular complexity index is 1050. The minimum Gasteiger partial charge on any atom is -0.357 e. The molecule has 5 rings (SSSR count). The monoisotopic (exact) mass is 401 g/mol. The van der Waals surface area contributed by atoms with E-state index in [1.807, 2.05) is 4.90 Å². The van der Waals surface area contributed by atoms with Gasteiger partial charge in [0.2, 0.25) is 17.7 Å². The van der Waals surface area contributed by atoms with Gasteiger partial charge in [-0.25, -0.2) is 4.98 Å². The number of aromatic amines is 1. The number of rotatable bonds is 2. The predicted molar refractivity (Wildman–Crippen MR) is 98.4 cm³/mol. The van der Waals surface area contributed by atoms with Crippen LogP contribution in [0, 0.1) is 5.95 Å². The smallest absolute Gasteiger partial charge is 0.254 e. The Kier molecular flexibility index (Phi) is 4.16. The quantitative estimate of drug-likeness (QED) is 0.663. The molecular formula is C19H17ClFN5O2. The molecule has 9 heteroatoms. The van der Waals surface area contributed by atoms with Crippen LogP contribution >= 0.6 is 11.6 Å². The first-order valence-corrected chi connectivity index (χ1v) is 9.59. The highest BCUT2D eigenvalue weighted by atomic mass is 35.5. The number of aromatic nitrogens is 4. The zero-order valence-electron chi connectivity index (χ0n) is 14.9. The van der Waals surface area contributed by atoms with Crippen LogP contribution in [0.25, 0.3) is 11.5 Å². The SMILES string of the molecule is O=C1c2cc(F)ncc2CCC2CCC(c3nc(-c4cc(Cl)c[nH]4)no3)CN12. The zero-order chi connectivity index (χ0) is 19.3. The number of H-pyrrole nitrogens is 1. The van der Waals surface area contributed by atoms with Gasteiger partial charge in [-0.2, -0.15) is 9.37 Å². The Balaban J connectivity index is 1.40. The van der Waals surface area contributed by atoms with E-state index in [0.717, 1.165) is 31.2 Å². The average molecular weight is 402 g/mol. The maximum atomic E-state index is 13.6. The topological polar surface area (TPSA) is 87.9 Å². The summed E-state index contributed by atoms with van der Waals surface area (Å²) in [6, 6.07) is 3.10. The van der Waals surface area contributed by atoms with E-state index in [4.69, 9.17) is 16.1 Å². The van der Waals surface area contributed by atoms with Crippen LogP contribution in [-0.4, -0.2) is 43.5 Å². The van der Waals surface area contributed by atoms with Crippen molar-refractivity contribution in [1.29, 1.82) is 0 Å². The van der Waals surface area contributed by atoms with E-state index in [2.05, 4.69) is 20.1 Å². The summed E-state index contributed by atoms with van der Waals surface area (Å²) in [5.41, 5.74) is 1.89. The van der Waals surface area contributed by atoms with Crippen LogP contribution in [0.4, 0.5) is 4.39 Å². The molecule has 0 saturated carbocycles. The molecule has 7 nitrogen and oxygen atoms in total. The largest absolute Gasteiger partial charge is 0.357 e. The number of carbonyl (C=O) groups excluding carboxylic acids is 1. The number of aryl methyl sites for hydroxylation is 1. The molecule has 5 heterocycles. The summed E-state index contributed by atoms with van der Waals surface area (Å²) in [6.07, 6.45) is 6.38. The molecule has 1 fully saturated rings. The van der Waals surface area contributed by atoms with Crippen molar-refractivity contribution in [3.63, 3.8) is 0 Å². The zero-order valence-corrected chi connectivity index (χ0v) is 15.6. The van der Waals surface area contributed by atoms with Crippen LogP contribution < -0.4 is 0 Å². The number of halogens is 2. The number of carbonyl (C=O) groups is 1. The first-order valence-electron chi connectivity index (χ1n) is 9.22. The number of piperidine rings is 1. The van der Waals surface area contributed by atoms with E-state index in [1.54, 1.807) is 12.3 Å². The molecule has 2 unspecified atom stereocenters. The molecule has 3 aromatic rings. The summed E-state index contributed by atoms with van der Waals surface area (Å²) in [4.78, 5) is 26.1. The van der Waals surface area contributed by atoms with Crippen molar-refractivity contribution in [1.82, 2.24) is 25.0 Å².